The Labute approximate surface area is 175 Å². The molecule has 2 rings (SSSR count). The second-order valence-corrected chi connectivity index (χ2v) is 9.70. The standard InChI is InChI=1S/C20H36N4O4S/c1-5-18(4)22-20(21-9-8-19-7-6-14-28-19)23-10-12-24(13-11-23)29(25,26)16-15-27-17(2)3/h6-7,14,17-18H,5,8-13,15-16H2,1-4H3,(H,21,22). The summed E-state index contributed by atoms with van der Waals surface area (Å²) in [6, 6.07) is 4.12. The normalized spacial score (nSPS) is 17.7. The molecule has 1 N–H and O–H groups in total. The van der Waals surface area contributed by atoms with Crippen molar-refractivity contribution in [1.29, 1.82) is 0 Å². The van der Waals surface area contributed by atoms with E-state index in [1.165, 1.54) is 0 Å². The highest BCUT2D eigenvalue weighted by molar-refractivity contribution is 7.89. The molecule has 0 saturated carbocycles. The highest BCUT2D eigenvalue weighted by atomic mass is 32.2. The minimum absolute atomic E-state index is 0.0282. The molecule has 0 aliphatic carbocycles. The highest BCUT2D eigenvalue weighted by Gasteiger charge is 2.28. The summed E-state index contributed by atoms with van der Waals surface area (Å²) in [6.45, 7) is 11.1. The van der Waals surface area contributed by atoms with Gasteiger partial charge in [-0.15, -0.1) is 0 Å². The van der Waals surface area contributed by atoms with Crippen LogP contribution in [0.25, 0.3) is 0 Å². The maximum Gasteiger partial charge on any atom is 0.216 e. The van der Waals surface area contributed by atoms with E-state index >= 15 is 0 Å². The van der Waals surface area contributed by atoms with Crippen molar-refractivity contribution in [3.8, 4) is 0 Å². The molecule has 1 aliphatic heterocycles. The van der Waals surface area contributed by atoms with Gasteiger partial charge in [-0.05, 0) is 39.3 Å². The molecule has 29 heavy (non-hydrogen) atoms. The van der Waals surface area contributed by atoms with E-state index in [9.17, 15) is 8.42 Å². The summed E-state index contributed by atoms with van der Waals surface area (Å²) in [4.78, 5) is 6.89. The SMILES string of the molecule is CCC(C)NC(=NCCc1ccco1)N1CCN(S(=O)(=O)CCOC(C)C)CC1. The molecule has 1 atom stereocenters. The Bertz CT molecular complexity index is 711. The Morgan fingerprint density at radius 1 is 1.28 bits per heavy atom. The largest absolute Gasteiger partial charge is 0.469 e. The minimum atomic E-state index is -3.29. The van der Waals surface area contributed by atoms with Gasteiger partial charge in [-0.2, -0.15) is 4.31 Å². The lowest BCUT2D eigenvalue weighted by atomic mass is 10.2. The van der Waals surface area contributed by atoms with Crippen LogP contribution in [-0.2, 0) is 21.2 Å². The zero-order valence-corrected chi connectivity index (χ0v) is 19.0. The van der Waals surface area contributed by atoms with Crippen molar-refractivity contribution in [2.75, 3.05) is 45.1 Å². The van der Waals surface area contributed by atoms with Crippen LogP contribution in [0.2, 0.25) is 0 Å². The Balaban J connectivity index is 1.92. The first-order valence-electron chi connectivity index (χ1n) is 10.5. The van der Waals surface area contributed by atoms with E-state index in [1.54, 1.807) is 10.6 Å². The zero-order valence-electron chi connectivity index (χ0n) is 18.1. The number of hydrogen-bond acceptors (Lipinski definition) is 5. The number of nitrogens with one attached hydrogen (secondary N) is 1. The van der Waals surface area contributed by atoms with E-state index < -0.39 is 10.0 Å². The average Bonchev–Trinajstić information content (AvgIpc) is 3.20. The first-order valence-corrected chi connectivity index (χ1v) is 12.1. The van der Waals surface area contributed by atoms with Crippen molar-refractivity contribution in [3.63, 3.8) is 0 Å². The number of guanidine groups is 1. The van der Waals surface area contributed by atoms with Crippen molar-refractivity contribution in [3.05, 3.63) is 24.2 Å². The quantitative estimate of drug-likeness (QED) is 0.453. The lowest BCUT2D eigenvalue weighted by Crippen LogP contribution is -2.55. The number of hydrogen-bond donors (Lipinski definition) is 1. The van der Waals surface area contributed by atoms with E-state index in [2.05, 4.69) is 24.1 Å². The van der Waals surface area contributed by atoms with Crippen LogP contribution >= 0.6 is 0 Å². The summed E-state index contributed by atoms with van der Waals surface area (Å²) >= 11 is 0. The van der Waals surface area contributed by atoms with E-state index in [0.29, 0.717) is 38.8 Å². The van der Waals surface area contributed by atoms with Gasteiger partial charge in [0.25, 0.3) is 0 Å². The topological polar surface area (TPSA) is 87.4 Å². The third-order valence-corrected chi connectivity index (χ3v) is 6.75. The molecule has 1 fully saturated rings. The monoisotopic (exact) mass is 428 g/mol. The van der Waals surface area contributed by atoms with Gasteiger partial charge in [0.2, 0.25) is 10.0 Å². The third-order valence-electron chi connectivity index (χ3n) is 4.91. The molecular formula is C20H36N4O4S. The second-order valence-electron chi connectivity index (χ2n) is 7.61. The Hall–Kier alpha value is -1.58. The van der Waals surface area contributed by atoms with Gasteiger partial charge < -0.3 is 19.4 Å². The summed E-state index contributed by atoms with van der Waals surface area (Å²) in [6.07, 6.45) is 3.43. The van der Waals surface area contributed by atoms with Crippen LogP contribution in [0.5, 0.6) is 0 Å². The second kappa shape index (κ2) is 11.6. The fourth-order valence-corrected chi connectivity index (χ4v) is 4.27. The molecule has 0 spiro atoms. The average molecular weight is 429 g/mol. The molecule has 0 radical (unpaired) electrons. The van der Waals surface area contributed by atoms with E-state index in [-0.39, 0.29) is 18.5 Å². The molecule has 8 nitrogen and oxygen atoms in total. The van der Waals surface area contributed by atoms with Gasteiger partial charge in [0.05, 0.1) is 24.7 Å². The maximum absolute atomic E-state index is 12.5. The van der Waals surface area contributed by atoms with Gasteiger partial charge in [-0.25, -0.2) is 8.42 Å². The Morgan fingerprint density at radius 3 is 2.59 bits per heavy atom. The summed E-state index contributed by atoms with van der Waals surface area (Å²) in [5, 5.41) is 3.47. The predicted molar refractivity (Wildman–Crippen MR) is 116 cm³/mol. The van der Waals surface area contributed by atoms with Crippen LogP contribution < -0.4 is 5.32 Å². The Morgan fingerprint density at radius 2 is 2.00 bits per heavy atom. The summed E-state index contributed by atoms with van der Waals surface area (Å²) < 4.78 is 37.4. The van der Waals surface area contributed by atoms with Crippen molar-refractivity contribution in [2.45, 2.75) is 52.7 Å². The van der Waals surface area contributed by atoms with Crippen LogP contribution in [0.1, 0.15) is 39.9 Å². The smallest absolute Gasteiger partial charge is 0.216 e. The Kier molecular flexibility index (Phi) is 9.45. The number of piperazine rings is 1. The van der Waals surface area contributed by atoms with Gasteiger partial charge in [-0.1, -0.05) is 6.92 Å². The van der Waals surface area contributed by atoms with Crippen LogP contribution in [-0.4, -0.2) is 80.8 Å². The number of ether oxygens (including phenoxy) is 1. The van der Waals surface area contributed by atoms with Crippen LogP contribution in [0.15, 0.2) is 27.8 Å². The van der Waals surface area contributed by atoms with Crippen molar-refractivity contribution >= 4 is 16.0 Å². The fraction of sp³-hybridized carbons (Fsp3) is 0.750. The molecule has 1 aliphatic rings. The lowest BCUT2D eigenvalue weighted by Gasteiger charge is -2.36. The van der Waals surface area contributed by atoms with Gasteiger partial charge in [0.1, 0.15) is 5.76 Å². The number of furan rings is 1. The molecule has 1 aromatic rings. The number of rotatable bonds is 10. The zero-order chi connectivity index (χ0) is 21.3. The summed E-state index contributed by atoms with van der Waals surface area (Å²) in [5.74, 6) is 1.78. The molecule has 0 bridgehead atoms. The van der Waals surface area contributed by atoms with Crippen LogP contribution in [0, 0.1) is 0 Å². The number of sulfonamides is 1. The molecule has 0 aromatic carbocycles. The van der Waals surface area contributed by atoms with Gasteiger partial charge in [0, 0.05) is 45.2 Å². The molecule has 166 valence electrons. The van der Waals surface area contributed by atoms with E-state index in [4.69, 9.17) is 14.1 Å². The van der Waals surface area contributed by atoms with Crippen molar-refractivity contribution in [2.24, 2.45) is 4.99 Å². The number of nitrogens with zero attached hydrogens (tertiary/aromatic N) is 3. The van der Waals surface area contributed by atoms with Gasteiger partial charge >= 0.3 is 0 Å². The molecule has 1 aromatic heterocycles. The molecule has 1 saturated heterocycles. The predicted octanol–water partition coefficient (Wildman–Crippen LogP) is 1.94. The van der Waals surface area contributed by atoms with Crippen molar-refractivity contribution < 1.29 is 17.6 Å². The molecule has 2 heterocycles. The summed E-state index contributed by atoms with van der Waals surface area (Å²) in [7, 11) is -3.29. The molecule has 0 amide bonds. The highest BCUT2D eigenvalue weighted by Crippen LogP contribution is 2.10. The first-order chi connectivity index (χ1) is 13.8. The van der Waals surface area contributed by atoms with Crippen LogP contribution in [0.4, 0.5) is 0 Å². The van der Waals surface area contributed by atoms with Gasteiger partial charge in [0.15, 0.2) is 5.96 Å². The molecule has 9 heteroatoms. The molecular weight excluding hydrogens is 392 g/mol. The summed E-state index contributed by atoms with van der Waals surface area (Å²) in [5.41, 5.74) is 0. The van der Waals surface area contributed by atoms with E-state index in [1.807, 2.05) is 26.0 Å². The molecule has 1 unspecified atom stereocenters. The third kappa shape index (κ3) is 7.98. The lowest BCUT2D eigenvalue weighted by molar-refractivity contribution is 0.0904. The fourth-order valence-electron chi connectivity index (χ4n) is 2.98. The minimum Gasteiger partial charge on any atom is -0.469 e. The van der Waals surface area contributed by atoms with E-state index in [0.717, 1.165) is 24.6 Å². The maximum atomic E-state index is 12.5. The van der Waals surface area contributed by atoms with Crippen LogP contribution in [0.3, 0.4) is 0 Å². The van der Waals surface area contributed by atoms with Gasteiger partial charge in [-0.3, -0.25) is 4.99 Å². The number of aliphatic imine (C=N–C) groups is 1. The first kappa shape index (κ1) is 23.7. The van der Waals surface area contributed by atoms with Crippen molar-refractivity contribution in [1.82, 2.24) is 14.5 Å².